The summed E-state index contributed by atoms with van der Waals surface area (Å²) in [5, 5.41) is 2.86. The van der Waals surface area contributed by atoms with Gasteiger partial charge in [0, 0.05) is 20.0 Å². The monoisotopic (exact) mass is 605 g/mol. The number of ether oxygens (including phenoxy) is 1. The number of anilines is 1. The summed E-state index contributed by atoms with van der Waals surface area (Å²) in [6, 6.07) is 30.1. The Bertz CT molecular complexity index is 1600. The number of hydrogen-bond acceptors (Lipinski definition) is 5. The van der Waals surface area contributed by atoms with Crippen LogP contribution in [0.2, 0.25) is 5.02 Å². The quantitative estimate of drug-likeness (QED) is 0.247. The number of halogens is 1. The lowest BCUT2D eigenvalue weighted by atomic mass is 10.0. The molecule has 0 aliphatic rings. The molecule has 0 radical (unpaired) electrons. The maximum absolute atomic E-state index is 14.3. The smallest absolute Gasteiger partial charge is 0.264 e. The predicted octanol–water partition coefficient (Wildman–Crippen LogP) is 4.93. The zero-order chi connectivity index (χ0) is 30.1. The van der Waals surface area contributed by atoms with Crippen LogP contribution in [0.15, 0.2) is 114 Å². The van der Waals surface area contributed by atoms with E-state index in [0.29, 0.717) is 5.75 Å². The average Bonchev–Trinajstić information content (AvgIpc) is 3.02. The van der Waals surface area contributed by atoms with Crippen molar-refractivity contribution in [3.8, 4) is 5.75 Å². The van der Waals surface area contributed by atoms with Gasteiger partial charge in [-0.25, -0.2) is 8.42 Å². The highest BCUT2D eigenvalue weighted by Gasteiger charge is 2.34. The lowest BCUT2D eigenvalue weighted by Crippen LogP contribution is -2.53. The molecule has 0 aliphatic carbocycles. The van der Waals surface area contributed by atoms with Crippen LogP contribution in [0.3, 0.4) is 0 Å². The zero-order valence-corrected chi connectivity index (χ0v) is 24.9. The van der Waals surface area contributed by atoms with E-state index in [9.17, 15) is 18.0 Å². The van der Waals surface area contributed by atoms with Gasteiger partial charge in [0.05, 0.1) is 22.7 Å². The van der Waals surface area contributed by atoms with Crippen LogP contribution in [-0.2, 0) is 32.6 Å². The van der Waals surface area contributed by atoms with Crippen molar-refractivity contribution in [2.45, 2.75) is 23.9 Å². The van der Waals surface area contributed by atoms with Crippen molar-refractivity contribution >= 4 is 39.1 Å². The van der Waals surface area contributed by atoms with Crippen LogP contribution in [0.1, 0.15) is 11.1 Å². The van der Waals surface area contributed by atoms with E-state index in [4.69, 9.17) is 16.3 Å². The number of hydrogen-bond donors (Lipinski definition) is 1. The third-order valence-corrected chi connectivity index (χ3v) is 8.83. The van der Waals surface area contributed by atoms with Gasteiger partial charge in [-0.1, -0.05) is 90.5 Å². The minimum atomic E-state index is -4.22. The summed E-state index contributed by atoms with van der Waals surface area (Å²) in [6.07, 6.45) is 0.235. The van der Waals surface area contributed by atoms with Crippen LogP contribution in [-0.4, -0.2) is 51.9 Å². The van der Waals surface area contributed by atoms with Crippen LogP contribution >= 0.6 is 11.6 Å². The molecular weight excluding hydrogens is 574 g/mol. The lowest BCUT2D eigenvalue weighted by Gasteiger charge is -2.33. The molecule has 42 heavy (non-hydrogen) atoms. The molecule has 4 aromatic rings. The number of methoxy groups -OCH3 is 1. The lowest BCUT2D eigenvalue weighted by molar-refractivity contribution is -0.139. The van der Waals surface area contributed by atoms with Crippen molar-refractivity contribution < 1.29 is 22.7 Å². The van der Waals surface area contributed by atoms with E-state index < -0.39 is 28.5 Å². The first-order chi connectivity index (χ1) is 20.2. The van der Waals surface area contributed by atoms with Crippen molar-refractivity contribution in [2.24, 2.45) is 0 Å². The van der Waals surface area contributed by atoms with Crippen LogP contribution in [0.25, 0.3) is 0 Å². The summed E-state index contributed by atoms with van der Waals surface area (Å²) in [5.74, 6) is -0.569. The van der Waals surface area contributed by atoms with Gasteiger partial charge >= 0.3 is 0 Å². The third kappa shape index (κ3) is 7.29. The van der Waals surface area contributed by atoms with Gasteiger partial charge in [-0.2, -0.15) is 0 Å². The topological polar surface area (TPSA) is 96.0 Å². The van der Waals surface area contributed by atoms with Crippen molar-refractivity contribution in [3.05, 3.63) is 125 Å². The predicted molar refractivity (Wildman–Crippen MR) is 164 cm³/mol. The Morgan fingerprint density at radius 2 is 1.43 bits per heavy atom. The molecular formula is C32H32ClN3O5S. The second-order valence-electron chi connectivity index (χ2n) is 9.47. The molecule has 4 aromatic carbocycles. The molecule has 4 rings (SSSR count). The SMILES string of the molecule is CNC(=O)C(Cc1ccccc1)N(Cc1ccccc1)C(=O)CN(c1ccc(OC)c(Cl)c1)S(=O)(=O)c1ccccc1. The van der Waals surface area contributed by atoms with Crippen LogP contribution in [0.4, 0.5) is 5.69 Å². The van der Waals surface area contributed by atoms with Crippen LogP contribution in [0, 0.1) is 0 Å². The largest absolute Gasteiger partial charge is 0.495 e. The fourth-order valence-electron chi connectivity index (χ4n) is 4.56. The fraction of sp³-hybridized carbons (Fsp3) is 0.188. The number of benzene rings is 4. The van der Waals surface area contributed by atoms with Gasteiger partial charge in [-0.05, 0) is 41.5 Å². The van der Waals surface area contributed by atoms with E-state index in [2.05, 4.69) is 5.32 Å². The average molecular weight is 606 g/mol. The Morgan fingerprint density at radius 3 is 1.98 bits per heavy atom. The van der Waals surface area contributed by atoms with E-state index >= 15 is 0 Å². The highest BCUT2D eigenvalue weighted by molar-refractivity contribution is 7.92. The van der Waals surface area contributed by atoms with Gasteiger partial charge in [0.2, 0.25) is 11.8 Å². The first-order valence-electron chi connectivity index (χ1n) is 13.2. The number of carbonyl (C=O) groups is 2. The van der Waals surface area contributed by atoms with Gasteiger partial charge in [0.25, 0.3) is 10.0 Å². The van der Waals surface area contributed by atoms with Crippen molar-refractivity contribution in [2.75, 3.05) is 25.0 Å². The molecule has 0 heterocycles. The number of nitrogens with zero attached hydrogens (tertiary/aromatic N) is 2. The van der Waals surface area contributed by atoms with Gasteiger partial charge in [0.15, 0.2) is 0 Å². The summed E-state index contributed by atoms with van der Waals surface area (Å²) in [7, 11) is -1.25. The minimum Gasteiger partial charge on any atom is -0.495 e. The number of nitrogens with one attached hydrogen (secondary N) is 1. The van der Waals surface area contributed by atoms with Crippen LogP contribution in [0.5, 0.6) is 5.75 Å². The van der Waals surface area contributed by atoms with Gasteiger partial charge in [0.1, 0.15) is 18.3 Å². The first kappa shape index (κ1) is 30.6. The number of sulfonamides is 1. The van der Waals surface area contributed by atoms with E-state index in [1.165, 1.54) is 43.3 Å². The van der Waals surface area contributed by atoms with Crippen molar-refractivity contribution in [1.82, 2.24) is 10.2 Å². The summed E-state index contributed by atoms with van der Waals surface area (Å²) in [4.78, 5) is 29.0. The van der Waals surface area contributed by atoms with Crippen molar-refractivity contribution in [1.29, 1.82) is 0 Å². The number of likely N-dealkylation sites (N-methyl/N-ethyl adjacent to an activating group) is 1. The summed E-state index contributed by atoms with van der Waals surface area (Å²) in [5.41, 5.74) is 1.82. The summed E-state index contributed by atoms with van der Waals surface area (Å²) < 4.78 is 34.2. The Morgan fingerprint density at radius 1 is 0.857 bits per heavy atom. The second kappa shape index (κ2) is 14.0. The molecule has 8 nitrogen and oxygen atoms in total. The maximum atomic E-state index is 14.3. The molecule has 0 aromatic heterocycles. The van der Waals surface area contributed by atoms with Crippen LogP contribution < -0.4 is 14.4 Å². The van der Waals surface area contributed by atoms with Gasteiger partial charge in [-0.15, -0.1) is 0 Å². The molecule has 0 bridgehead atoms. The molecule has 218 valence electrons. The Labute approximate surface area is 251 Å². The zero-order valence-electron chi connectivity index (χ0n) is 23.3. The minimum absolute atomic E-state index is 0.00601. The van der Waals surface area contributed by atoms with E-state index in [-0.39, 0.29) is 34.5 Å². The fourth-order valence-corrected chi connectivity index (χ4v) is 6.24. The number of amides is 2. The number of carbonyl (C=O) groups excluding carboxylic acids is 2. The molecule has 10 heteroatoms. The van der Waals surface area contributed by atoms with E-state index in [0.717, 1.165) is 15.4 Å². The molecule has 1 atom stereocenters. The normalized spacial score (nSPS) is 11.8. The standard InChI is InChI=1S/C32H32ClN3O5S/c1-34-32(38)29(20-24-12-6-3-7-13-24)35(22-25-14-8-4-9-15-25)31(37)23-36(26-18-19-30(41-2)28(33)21-26)42(39,40)27-16-10-5-11-17-27/h3-19,21,29H,20,22-23H2,1-2H3,(H,34,38). The van der Waals surface area contributed by atoms with Crippen molar-refractivity contribution in [3.63, 3.8) is 0 Å². The summed E-state index contributed by atoms with van der Waals surface area (Å²) >= 11 is 6.38. The van der Waals surface area contributed by atoms with E-state index in [1.54, 1.807) is 24.3 Å². The molecule has 2 amide bonds. The van der Waals surface area contributed by atoms with E-state index in [1.807, 2.05) is 60.7 Å². The number of rotatable bonds is 12. The molecule has 0 aliphatic heterocycles. The molecule has 0 saturated heterocycles. The Kier molecular flexibility index (Phi) is 10.2. The highest BCUT2D eigenvalue weighted by atomic mass is 35.5. The Hall–Kier alpha value is -4.34. The molecule has 1 unspecified atom stereocenters. The third-order valence-electron chi connectivity index (χ3n) is 6.75. The molecule has 0 fully saturated rings. The van der Waals surface area contributed by atoms with Gasteiger partial charge < -0.3 is 15.0 Å². The molecule has 0 spiro atoms. The molecule has 0 saturated carbocycles. The first-order valence-corrected chi connectivity index (χ1v) is 15.1. The van der Waals surface area contributed by atoms with Gasteiger partial charge in [-0.3, -0.25) is 13.9 Å². The maximum Gasteiger partial charge on any atom is 0.264 e. The molecule has 1 N–H and O–H groups in total. The highest BCUT2D eigenvalue weighted by Crippen LogP contribution is 2.32. The Balaban J connectivity index is 1.79. The summed E-state index contributed by atoms with van der Waals surface area (Å²) in [6.45, 7) is -0.484. The second-order valence-corrected chi connectivity index (χ2v) is 11.7.